The molecule has 0 bridgehead atoms. The summed E-state index contributed by atoms with van der Waals surface area (Å²) in [7, 11) is 3.09. The lowest BCUT2D eigenvalue weighted by atomic mass is 10.0. The third-order valence-corrected chi connectivity index (χ3v) is 3.96. The van der Waals surface area contributed by atoms with Gasteiger partial charge in [-0.2, -0.15) is 0 Å². The van der Waals surface area contributed by atoms with Gasteiger partial charge in [0.2, 0.25) is 5.91 Å². The topological polar surface area (TPSA) is 76.7 Å². The van der Waals surface area contributed by atoms with Gasteiger partial charge in [0.05, 0.1) is 32.4 Å². The van der Waals surface area contributed by atoms with Crippen LogP contribution in [0, 0.1) is 0 Å². The van der Waals surface area contributed by atoms with E-state index in [1.807, 2.05) is 18.2 Å². The third-order valence-electron chi connectivity index (χ3n) is 3.96. The van der Waals surface area contributed by atoms with Gasteiger partial charge in [-0.1, -0.05) is 18.2 Å². The molecular formula is C18H18N2O4. The van der Waals surface area contributed by atoms with E-state index in [-0.39, 0.29) is 24.3 Å². The maximum atomic E-state index is 12.4. The quantitative estimate of drug-likeness (QED) is 0.885. The molecule has 0 aliphatic carbocycles. The molecule has 2 N–H and O–H groups in total. The van der Waals surface area contributed by atoms with Crippen LogP contribution in [0.2, 0.25) is 0 Å². The number of benzene rings is 2. The van der Waals surface area contributed by atoms with Crippen molar-refractivity contribution in [2.24, 2.45) is 0 Å². The Morgan fingerprint density at radius 1 is 1.17 bits per heavy atom. The Kier molecular flexibility index (Phi) is 4.37. The van der Waals surface area contributed by atoms with Crippen molar-refractivity contribution in [2.45, 2.75) is 12.5 Å². The van der Waals surface area contributed by atoms with E-state index in [1.54, 1.807) is 31.4 Å². The maximum absolute atomic E-state index is 12.4. The molecule has 1 atom stereocenters. The van der Waals surface area contributed by atoms with Crippen LogP contribution in [0.5, 0.6) is 11.5 Å². The summed E-state index contributed by atoms with van der Waals surface area (Å²) < 4.78 is 10.4. The van der Waals surface area contributed by atoms with Crippen molar-refractivity contribution in [2.75, 3.05) is 19.5 Å². The van der Waals surface area contributed by atoms with Crippen LogP contribution < -0.4 is 20.1 Å². The second-order valence-corrected chi connectivity index (χ2v) is 5.43. The number of carbonyl (C=O) groups excluding carboxylic acids is 2. The zero-order chi connectivity index (χ0) is 17.1. The number of anilines is 1. The number of hydrogen-bond acceptors (Lipinski definition) is 4. The Labute approximate surface area is 139 Å². The van der Waals surface area contributed by atoms with Crippen molar-refractivity contribution in [3.63, 3.8) is 0 Å². The van der Waals surface area contributed by atoms with Crippen LogP contribution in [0.25, 0.3) is 0 Å². The van der Waals surface area contributed by atoms with Crippen LogP contribution in [0.4, 0.5) is 5.69 Å². The molecule has 0 aromatic heterocycles. The van der Waals surface area contributed by atoms with E-state index >= 15 is 0 Å². The Balaban J connectivity index is 1.74. The Morgan fingerprint density at radius 3 is 2.71 bits per heavy atom. The van der Waals surface area contributed by atoms with E-state index < -0.39 is 0 Å². The Bertz CT molecular complexity index is 788. The van der Waals surface area contributed by atoms with E-state index in [2.05, 4.69) is 10.6 Å². The molecule has 0 spiro atoms. The maximum Gasteiger partial charge on any atom is 0.252 e. The molecule has 1 aliphatic rings. The van der Waals surface area contributed by atoms with Crippen LogP contribution >= 0.6 is 0 Å². The first-order valence-corrected chi connectivity index (χ1v) is 7.54. The molecule has 3 rings (SSSR count). The number of amides is 2. The van der Waals surface area contributed by atoms with Crippen molar-refractivity contribution in [3.8, 4) is 11.5 Å². The highest BCUT2D eigenvalue weighted by molar-refractivity contribution is 6.00. The fourth-order valence-electron chi connectivity index (χ4n) is 2.78. The van der Waals surface area contributed by atoms with Crippen LogP contribution in [-0.2, 0) is 4.79 Å². The van der Waals surface area contributed by atoms with Crippen LogP contribution in [0.3, 0.4) is 0 Å². The fraction of sp³-hybridized carbons (Fsp3) is 0.222. The molecule has 124 valence electrons. The minimum absolute atomic E-state index is 0.142. The highest BCUT2D eigenvalue weighted by Crippen LogP contribution is 2.31. The van der Waals surface area contributed by atoms with Gasteiger partial charge in [-0.05, 0) is 23.8 Å². The third kappa shape index (κ3) is 3.03. The standard InChI is InChI=1S/C18H18N2O4/c1-23-11-7-8-16(24-2)15(9-11)19-17(21)10-14-12-5-3-4-6-13(12)18(22)20-14/h3-9,14H,10H2,1-2H3,(H,19,21)(H,20,22). The highest BCUT2D eigenvalue weighted by Gasteiger charge is 2.29. The molecule has 0 radical (unpaired) electrons. The summed E-state index contributed by atoms with van der Waals surface area (Å²) in [6, 6.07) is 12.1. The molecule has 0 saturated carbocycles. The van der Waals surface area contributed by atoms with E-state index in [9.17, 15) is 9.59 Å². The van der Waals surface area contributed by atoms with Crippen LogP contribution in [0.15, 0.2) is 42.5 Å². The van der Waals surface area contributed by atoms with E-state index in [1.165, 1.54) is 7.11 Å². The van der Waals surface area contributed by atoms with Crippen molar-refractivity contribution in [3.05, 3.63) is 53.6 Å². The molecule has 1 heterocycles. The predicted octanol–water partition coefficient (Wildman–Crippen LogP) is 2.52. The number of nitrogens with one attached hydrogen (secondary N) is 2. The largest absolute Gasteiger partial charge is 0.497 e. The smallest absolute Gasteiger partial charge is 0.252 e. The van der Waals surface area contributed by atoms with Gasteiger partial charge in [0.1, 0.15) is 11.5 Å². The fourth-order valence-corrected chi connectivity index (χ4v) is 2.78. The second-order valence-electron chi connectivity index (χ2n) is 5.43. The molecule has 0 saturated heterocycles. The van der Waals surface area contributed by atoms with Gasteiger partial charge in [-0.3, -0.25) is 9.59 Å². The first kappa shape index (κ1) is 15.9. The van der Waals surface area contributed by atoms with Crippen LogP contribution in [-0.4, -0.2) is 26.0 Å². The normalized spacial score (nSPS) is 15.4. The first-order valence-electron chi connectivity index (χ1n) is 7.54. The van der Waals surface area contributed by atoms with Crippen LogP contribution in [0.1, 0.15) is 28.4 Å². The molecule has 6 nitrogen and oxygen atoms in total. The summed E-state index contributed by atoms with van der Waals surface area (Å²) in [5.41, 5.74) is 1.99. The van der Waals surface area contributed by atoms with Gasteiger partial charge in [0.25, 0.3) is 5.91 Å². The number of fused-ring (bicyclic) bond motifs is 1. The highest BCUT2D eigenvalue weighted by atomic mass is 16.5. The summed E-state index contributed by atoms with van der Waals surface area (Å²) in [5.74, 6) is 0.788. The lowest BCUT2D eigenvalue weighted by Crippen LogP contribution is -2.24. The number of hydrogen-bond donors (Lipinski definition) is 2. The monoisotopic (exact) mass is 326 g/mol. The first-order chi connectivity index (χ1) is 11.6. The van der Waals surface area contributed by atoms with Gasteiger partial charge in [0, 0.05) is 11.6 Å². The van der Waals surface area contributed by atoms with Gasteiger partial charge < -0.3 is 20.1 Å². The zero-order valence-electron chi connectivity index (χ0n) is 13.5. The van der Waals surface area contributed by atoms with E-state index in [0.29, 0.717) is 22.7 Å². The average Bonchev–Trinajstić information content (AvgIpc) is 2.91. The molecule has 24 heavy (non-hydrogen) atoms. The van der Waals surface area contributed by atoms with Gasteiger partial charge in [0.15, 0.2) is 0 Å². The molecule has 2 amide bonds. The van der Waals surface area contributed by atoms with Gasteiger partial charge in [-0.15, -0.1) is 0 Å². The molecule has 0 fully saturated rings. The Hall–Kier alpha value is -3.02. The molecule has 2 aromatic carbocycles. The van der Waals surface area contributed by atoms with Gasteiger partial charge >= 0.3 is 0 Å². The minimum atomic E-state index is -0.328. The Morgan fingerprint density at radius 2 is 1.96 bits per heavy atom. The molecule has 2 aromatic rings. The average molecular weight is 326 g/mol. The summed E-state index contributed by atoms with van der Waals surface area (Å²) in [5, 5.41) is 5.64. The molecule has 6 heteroatoms. The summed E-state index contributed by atoms with van der Waals surface area (Å²) >= 11 is 0. The second kappa shape index (κ2) is 6.62. The SMILES string of the molecule is COc1ccc(OC)c(NC(=O)CC2NC(=O)c3ccccc32)c1. The molecule has 1 aliphatic heterocycles. The predicted molar refractivity (Wildman–Crippen MR) is 89.4 cm³/mol. The number of ether oxygens (including phenoxy) is 2. The van der Waals surface area contributed by atoms with Crippen molar-refractivity contribution in [1.29, 1.82) is 0 Å². The number of carbonyl (C=O) groups is 2. The number of rotatable bonds is 5. The lowest BCUT2D eigenvalue weighted by Gasteiger charge is -2.14. The molecular weight excluding hydrogens is 308 g/mol. The van der Waals surface area contributed by atoms with Crippen molar-refractivity contribution < 1.29 is 19.1 Å². The van der Waals surface area contributed by atoms with Crippen molar-refractivity contribution in [1.82, 2.24) is 5.32 Å². The summed E-state index contributed by atoms with van der Waals surface area (Å²) in [4.78, 5) is 24.3. The van der Waals surface area contributed by atoms with E-state index in [0.717, 1.165) is 5.56 Å². The lowest BCUT2D eigenvalue weighted by molar-refractivity contribution is -0.116. The minimum Gasteiger partial charge on any atom is -0.497 e. The summed E-state index contributed by atoms with van der Waals surface area (Å²) in [6.07, 6.45) is 0.142. The summed E-state index contributed by atoms with van der Waals surface area (Å²) in [6.45, 7) is 0. The van der Waals surface area contributed by atoms with Crippen molar-refractivity contribution >= 4 is 17.5 Å². The zero-order valence-corrected chi connectivity index (χ0v) is 13.5. The number of methoxy groups -OCH3 is 2. The molecule has 1 unspecified atom stereocenters. The van der Waals surface area contributed by atoms with Gasteiger partial charge in [-0.25, -0.2) is 0 Å². The van der Waals surface area contributed by atoms with E-state index in [4.69, 9.17) is 9.47 Å².